The van der Waals surface area contributed by atoms with Gasteiger partial charge in [-0.05, 0) is 48.5 Å². The first-order chi connectivity index (χ1) is 14.4. The van der Waals surface area contributed by atoms with Crippen LogP contribution in [-0.4, -0.2) is 19.5 Å². The summed E-state index contributed by atoms with van der Waals surface area (Å²) in [5, 5.41) is 1.13. The van der Waals surface area contributed by atoms with Gasteiger partial charge >= 0.3 is 0 Å². The third-order valence-electron chi connectivity index (χ3n) is 4.74. The minimum atomic E-state index is 0.426. The van der Waals surface area contributed by atoms with Crippen molar-refractivity contribution in [1.29, 1.82) is 0 Å². The number of aromatic nitrogens is 4. The van der Waals surface area contributed by atoms with Gasteiger partial charge in [-0.25, -0.2) is 9.97 Å². The molecular weight excluding hydrogens is 360 g/mol. The first kappa shape index (κ1) is 17.1. The molecule has 5 heteroatoms. The molecule has 0 aliphatic carbocycles. The average molecular weight is 378 g/mol. The fourth-order valence-corrected chi connectivity index (χ4v) is 3.28. The standard InChI is InChI=1S/C24H18N4O/c1-2-4-23-18(3-1)5-8-20(27-23)17-29-22-9-6-19(7-10-22)24-26-15-16-28(24)21-11-13-25-14-12-21/h1-16H,17H2. The molecule has 2 aromatic carbocycles. The summed E-state index contributed by atoms with van der Waals surface area (Å²) in [6.07, 6.45) is 7.29. The van der Waals surface area contributed by atoms with Crippen LogP contribution in [0.15, 0.2) is 97.6 Å². The molecule has 0 aliphatic heterocycles. The molecule has 0 aliphatic rings. The highest BCUT2D eigenvalue weighted by Gasteiger charge is 2.08. The van der Waals surface area contributed by atoms with Crippen molar-refractivity contribution in [2.75, 3.05) is 0 Å². The van der Waals surface area contributed by atoms with Gasteiger partial charge < -0.3 is 4.74 Å². The Kier molecular flexibility index (Phi) is 4.47. The Bertz CT molecular complexity index is 1250. The normalized spacial score (nSPS) is 10.9. The zero-order valence-electron chi connectivity index (χ0n) is 15.6. The second-order valence-electron chi connectivity index (χ2n) is 6.63. The Morgan fingerprint density at radius 1 is 0.793 bits per heavy atom. The molecule has 0 radical (unpaired) electrons. The highest BCUT2D eigenvalue weighted by Crippen LogP contribution is 2.24. The van der Waals surface area contributed by atoms with Gasteiger partial charge in [0.2, 0.25) is 0 Å². The topological polar surface area (TPSA) is 52.8 Å². The molecule has 0 N–H and O–H groups in total. The van der Waals surface area contributed by atoms with E-state index in [2.05, 4.69) is 27.1 Å². The van der Waals surface area contributed by atoms with E-state index in [0.717, 1.165) is 39.4 Å². The van der Waals surface area contributed by atoms with Gasteiger partial charge in [0.05, 0.1) is 16.9 Å². The largest absolute Gasteiger partial charge is 0.487 e. The van der Waals surface area contributed by atoms with Gasteiger partial charge in [0, 0.05) is 35.7 Å². The molecule has 0 amide bonds. The van der Waals surface area contributed by atoms with E-state index in [1.54, 1.807) is 18.6 Å². The lowest BCUT2D eigenvalue weighted by Crippen LogP contribution is -1.99. The number of imidazole rings is 1. The maximum atomic E-state index is 5.93. The minimum Gasteiger partial charge on any atom is -0.487 e. The number of benzene rings is 2. The van der Waals surface area contributed by atoms with Crippen molar-refractivity contribution in [2.24, 2.45) is 0 Å². The zero-order chi connectivity index (χ0) is 19.5. The van der Waals surface area contributed by atoms with Crippen LogP contribution >= 0.6 is 0 Å². The van der Waals surface area contributed by atoms with Gasteiger partial charge in [0.25, 0.3) is 0 Å². The number of fused-ring (bicyclic) bond motifs is 1. The molecule has 29 heavy (non-hydrogen) atoms. The van der Waals surface area contributed by atoms with Gasteiger partial charge in [-0.1, -0.05) is 24.3 Å². The summed E-state index contributed by atoms with van der Waals surface area (Å²) >= 11 is 0. The Labute approximate surface area is 168 Å². The molecule has 0 saturated carbocycles. The Hall–Kier alpha value is -3.99. The summed E-state index contributed by atoms with van der Waals surface area (Å²) in [6.45, 7) is 0.426. The molecular formula is C24H18N4O. The first-order valence-electron chi connectivity index (χ1n) is 9.38. The van der Waals surface area contributed by atoms with E-state index in [-0.39, 0.29) is 0 Å². The van der Waals surface area contributed by atoms with Crippen molar-refractivity contribution in [3.05, 3.63) is 103 Å². The van der Waals surface area contributed by atoms with Crippen molar-refractivity contribution in [3.8, 4) is 22.8 Å². The molecule has 5 nitrogen and oxygen atoms in total. The van der Waals surface area contributed by atoms with Gasteiger partial charge in [0.15, 0.2) is 0 Å². The number of rotatable bonds is 5. The molecule has 0 saturated heterocycles. The molecule has 5 rings (SSSR count). The van der Waals surface area contributed by atoms with E-state index in [1.165, 1.54) is 0 Å². The van der Waals surface area contributed by atoms with Crippen molar-refractivity contribution in [2.45, 2.75) is 6.61 Å². The maximum Gasteiger partial charge on any atom is 0.144 e. The van der Waals surface area contributed by atoms with Crippen LogP contribution in [-0.2, 0) is 6.61 Å². The van der Waals surface area contributed by atoms with E-state index in [4.69, 9.17) is 4.74 Å². The molecule has 0 bridgehead atoms. The Balaban J connectivity index is 1.32. The monoisotopic (exact) mass is 378 g/mol. The summed E-state index contributed by atoms with van der Waals surface area (Å²) in [4.78, 5) is 13.2. The molecule has 140 valence electrons. The van der Waals surface area contributed by atoms with Crippen LogP contribution < -0.4 is 4.74 Å². The minimum absolute atomic E-state index is 0.426. The summed E-state index contributed by atoms with van der Waals surface area (Å²) in [5.74, 6) is 1.67. The van der Waals surface area contributed by atoms with Crippen LogP contribution in [0.3, 0.4) is 0 Å². The highest BCUT2D eigenvalue weighted by molar-refractivity contribution is 5.78. The van der Waals surface area contributed by atoms with Gasteiger partial charge in [-0.2, -0.15) is 0 Å². The number of hydrogen-bond acceptors (Lipinski definition) is 4. The number of nitrogens with zero attached hydrogens (tertiary/aromatic N) is 4. The van der Waals surface area contributed by atoms with E-state index in [0.29, 0.717) is 6.61 Å². The zero-order valence-corrected chi connectivity index (χ0v) is 15.6. The quantitative estimate of drug-likeness (QED) is 0.429. The molecule has 0 spiro atoms. The van der Waals surface area contributed by atoms with E-state index >= 15 is 0 Å². The summed E-state index contributed by atoms with van der Waals surface area (Å²) < 4.78 is 7.97. The smallest absolute Gasteiger partial charge is 0.144 e. The van der Waals surface area contributed by atoms with Crippen LogP contribution in [0.2, 0.25) is 0 Å². The predicted octanol–water partition coefficient (Wildman–Crippen LogP) is 5.06. The van der Waals surface area contributed by atoms with E-state index in [1.807, 2.05) is 71.4 Å². The van der Waals surface area contributed by atoms with Crippen molar-refractivity contribution >= 4 is 10.9 Å². The molecule has 3 aromatic heterocycles. The van der Waals surface area contributed by atoms with Crippen molar-refractivity contribution in [3.63, 3.8) is 0 Å². The summed E-state index contributed by atoms with van der Waals surface area (Å²) in [5.41, 5.74) is 3.92. The van der Waals surface area contributed by atoms with Crippen LogP contribution in [0.4, 0.5) is 0 Å². The molecule has 0 fully saturated rings. The lowest BCUT2D eigenvalue weighted by Gasteiger charge is -2.09. The molecule has 0 atom stereocenters. The summed E-state index contributed by atoms with van der Waals surface area (Å²) in [7, 11) is 0. The van der Waals surface area contributed by atoms with Gasteiger partial charge in [0.1, 0.15) is 18.2 Å². The second-order valence-corrected chi connectivity index (χ2v) is 6.63. The second kappa shape index (κ2) is 7.56. The number of hydrogen-bond donors (Lipinski definition) is 0. The van der Waals surface area contributed by atoms with E-state index in [9.17, 15) is 0 Å². The first-order valence-corrected chi connectivity index (χ1v) is 9.38. The average Bonchev–Trinajstić information content (AvgIpc) is 3.28. The van der Waals surface area contributed by atoms with E-state index < -0.39 is 0 Å². The van der Waals surface area contributed by atoms with Gasteiger partial charge in [-0.3, -0.25) is 9.55 Å². The fraction of sp³-hybridized carbons (Fsp3) is 0.0417. The summed E-state index contributed by atoms with van der Waals surface area (Å²) in [6, 6.07) is 24.0. The van der Waals surface area contributed by atoms with Crippen LogP contribution in [0.25, 0.3) is 28.0 Å². The lowest BCUT2D eigenvalue weighted by molar-refractivity contribution is 0.302. The molecule has 0 unspecified atom stereocenters. The lowest BCUT2D eigenvalue weighted by atomic mass is 10.2. The van der Waals surface area contributed by atoms with Crippen LogP contribution in [0.1, 0.15) is 5.69 Å². The number of pyridine rings is 2. The highest BCUT2D eigenvalue weighted by atomic mass is 16.5. The van der Waals surface area contributed by atoms with Crippen LogP contribution in [0, 0.1) is 0 Å². The van der Waals surface area contributed by atoms with Crippen molar-refractivity contribution < 1.29 is 4.74 Å². The van der Waals surface area contributed by atoms with Crippen LogP contribution in [0.5, 0.6) is 5.75 Å². The Morgan fingerprint density at radius 2 is 1.62 bits per heavy atom. The Morgan fingerprint density at radius 3 is 2.48 bits per heavy atom. The predicted molar refractivity (Wildman–Crippen MR) is 113 cm³/mol. The SMILES string of the molecule is c1ccc2nc(COc3ccc(-c4nccn4-c4ccncc4)cc3)ccc2c1. The molecule has 3 heterocycles. The fourth-order valence-electron chi connectivity index (χ4n) is 3.28. The maximum absolute atomic E-state index is 5.93. The number of para-hydroxylation sites is 1. The third-order valence-corrected chi connectivity index (χ3v) is 4.74. The molecule has 5 aromatic rings. The van der Waals surface area contributed by atoms with Crippen molar-refractivity contribution in [1.82, 2.24) is 19.5 Å². The van der Waals surface area contributed by atoms with Gasteiger partial charge in [-0.15, -0.1) is 0 Å². The third kappa shape index (κ3) is 3.58. The number of ether oxygens (including phenoxy) is 1.